The van der Waals surface area contributed by atoms with E-state index >= 15 is 0 Å². The highest BCUT2D eigenvalue weighted by Gasteiger charge is 2.34. The zero-order chi connectivity index (χ0) is 17.3. The molecule has 1 atom stereocenters. The summed E-state index contributed by atoms with van der Waals surface area (Å²) >= 11 is 3.39. The van der Waals surface area contributed by atoms with Crippen LogP contribution in [0.3, 0.4) is 0 Å². The second-order valence-corrected chi connectivity index (χ2v) is 8.72. The van der Waals surface area contributed by atoms with Crippen LogP contribution in [0.15, 0.2) is 45.9 Å². The largest absolute Gasteiger partial charge is 0.472 e. The highest BCUT2D eigenvalue weighted by Crippen LogP contribution is 2.27. The summed E-state index contributed by atoms with van der Waals surface area (Å²) in [5.74, 6) is 0.493. The van der Waals surface area contributed by atoms with Crippen molar-refractivity contribution >= 4 is 26.0 Å². The minimum Gasteiger partial charge on any atom is -0.472 e. The molecule has 0 aliphatic carbocycles. The quantitative estimate of drug-likeness (QED) is 0.775. The second-order valence-electron chi connectivity index (χ2n) is 5.93. The summed E-state index contributed by atoms with van der Waals surface area (Å²) in [5, 5.41) is 0. The number of benzene rings is 1. The van der Waals surface area contributed by atoms with E-state index in [9.17, 15) is 8.42 Å². The van der Waals surface area contributed by atoms with Crippen molar-refractivity contribution in [3.05, 3.63) is 52.1 Å². The van der Waals surface area contributed by atoms with Crippen molar-refractivity contribution in [2.24, 2.45) is 0 Å². The van der Waals surface area contributed by atoms with Crippen molar-refractivity contribution in [3.8, 4) is 5.88 Å². The summed E-state index contributed by atoms with van der Waals surface area (Å²) in [6.45, 7) is 4.67. The van der Waals surface area contributed by atoms with E-state index in [2.05, 4.69) is 20.9 Å². The Bertz CT molecular complexity index is 855. The van der Waals surface area contributed by atoms with Crippen LogP contribution >= 0.6 is 15.9 Å². The third kappa shape index (κ3) is 3.48. The zero-order valence-corrected chi connectivity index (χ0v) is 16.0. The van der Waals surface area contributed by atoms with Crippen molar-refractivity contribution in [1.29, 1.82) is 0 Å². The summed E-state index contributed by atoms with van der Waals surface area (Å²) in [6, 6.07) is 8.90. The molecule has 0 unspecified atom stereocenters. The lowest BCUT2D eigenvalue weighted by molar-refractivity contribution is 0.205. The van der Waals surface area contributed by atoms with Gasteiger partial charge in [-0.3, -0.25) is 0 Å². The lowest BCUT2D eigenvalue weighted by Crippen LogP contribution is -2.31. The van der Waals surface area contributed by atoms with Gasteiger partial charge in [0.1, 0.15) is 6.10 Å². The Morgan fingerprint density at radius 1 is 1.25 bits per heavy atom. The molecule has 1 aromatic carbocycles. The van der Waals surface area contributed by atoms with E-state index in [0.29, 0.717) is 30.3 Å². The number of rotatable bonds is 4. The van der Waals surface area contributed by atoms with E-state index in [4.69, 9.17) is 4.74 Å². The first-order valence-electron chi connectivity index (χ1n) is 7.72. The van der Waals surface area contributed by atoms with E-state index < -0.39 is 10.0 Å². The lowest BCUT2D eigenvalue weighted by Gasteiger charge is -2.18. The van der Waals surface area contributed by atoms with Gasteiger partial charge in [-0.2, -0.15) is 4.31 Å². The molecule has 0 bridgehead atoms. The highest BCUT2D eigenvalue weighted by molar-refractivity contribution is 9.10. The van der Waals surface area contributed by atoms with E-state index in [-0.39, 0.29) is 6.10 Å². The average molecular weight is 411 g/mol. The molecule has 0 amide bonds. The Kier molecular flexibility index (Phi) is 4.94. The van der Waals surface area contributed by atoms with Gasteiger partial charge < -0.3 is 4.74 Å². The predicted octanol–water partition coefficient (Wildman–Crippen LogP) is 3.30. The fraction of sp³-hybridized carbons (Fsp3) is 0.353. The number of hydrogen-bond acceptors (Lipinski definition) is 4. The van der Waals surface area contributed by atoms with Crippen molar-refractivity contribution in [3.63, 3.8) is 0 Å². The normalized spacial score (nSPS) is 18.7. The molecule has 1 aliphatic rings. The van der Waals surface area contributed by atoms with E-state index in [1.54, 1.807) is 18.3 Å². The number of hydrogen-bond donors (Lipinski definition) is 0. The maximum Gasteiger partial charge on any atom is 0.243 e. The number of aromatic nitrogens is 1. The van der Waals surface area contributed by atoms with Crippen LogP contribution in [0, 0.1) is 13.8 Å². The number of ether oxygens (including phenoxy) is 1. The van der Waals surface area contributed by atoms with Gasteiger partial charge in [-0.25, -0.2) is 13.4 Å². The Balaban J connectivity index is 1.74. The van der Waals surface area contributed by atoms with Crippen molar-refractivity contribution in [1.82, 2.24) is 9.29 Å². The fourth-order valence-corrected chi connectivity index (χ4v) is 4.57. The molecule has 1 saturated heterocycles. The van der Waals surface area contributed by atoms with Gasteiger partial charge in [-0.1, -0.05) is 6.07 Å². The Morgan fingerprint density at radius 3 is 2.75 bits per heavy atom. The summed E-state index contributed by atoms with van der Waals surface area (Å²) in [5.41, 5.74) is 2.05. The first-order chi connectivity index (χ1) is 11.4. The Hall–Kier alpha value is -1.44. The number of pyridine rings is 1. The topological polar surface area (TPSA) is 59.5 Å². The maximum absolute atomic E-state index is 12.8. The Morgan fingerprint density at radius 2 is 2.04 bits per heavy atom. The van der Waals surface area contributed by atoms with Crippen molar-refractivity contribution in [2.45, 2.75) is 31.3 Å². The molecule has 0 radical (unpaired) electrons. The minimum atomic E-state index is -3.49. The molecule has 7 heteroatoms. The van der Waals surface area contributed by atoms with Gasteiger partial charge in [0.05, 0.1) is 15.9 Å². The monoisotopic (exact) mass is 410 g/mol. The van der Waals surface area contributed by atoms with E-state index in [1.165, 1.54) is 4.31 Å². The molecular formula is C17H19BrN2O3S. The van der Waals surface area contributed by atoms with Crippen LogP contribution in [0.4, 0.5) is 0 Å². The summed E-state index contributed by atoms with van der Waals surface area (Å²) in [4.78, 5) is 4.51. The molecule has 1 fully saturated rings. The molecule has 128 valence electrons. The van der Waals surface area contributed by atoms with Gasteiger partial charge in [0, 0.05) is 12.7 Å². The average Bonchev–Trinajstić information content (AvgIpc) is 3.01. The van der Waals surface area contributed by atoms with Crippen LogP contribution in [0.5, 0.6) is 5.88 Å². The third-order valence-electron chi connectivity index (χ3n) is 4.23. The molecule has 0 N–H and O–H groups in total. The zero-order valence-electron chi connectivity index (χ0n) is 13.6. The molecule has 0 saturated carbocycles. The molecule has 5 nitrogen and oxygen atoms in total. The SMILES string of the molecule is Cc1ccc(S(=O)(=O)N2CC[C@H](Oc3ncccc3Br)C2)cc1C. The minimum absolute atomic E-state index is 0.197. The molecule has 1 aliphatic heterocycles. The smallest absolute Gasteiger partial charge is 0.243 e. The fourth-order valence-electron chi connectivity index (χ4n) is 2.65. The van der Waals surface area contributed by atoms with Crippen molar-refractivity contribution < 1.29 is 13.2 Å². The van der Waals surface area contributed by atoms with Crippen LogP contribution < -0.4 is 4.74 Å². The molecule has 2 heterocycles. The molecule has 24 heavy (non-hydrogen) atoms. The van der Waals surface area contributed by atoms with Gasteiger partial charge in [0.2, 0.25) is 15.9 Å². The summed E-state index contributed by atoms with van der Waals surface area (Å²) < 4.78 is 33.7. The highest BCUT2D eigenvalue weighted by atomic mass is 79.9. The van der Waals surface area contributed by atoms with Crippen LogP contribution in [-0.4, -0.2) is 36.9 Å². The molecule has 2 aromatic rings. The van der Waals surface area contributed by atoms with E-state index in [1.807, 2.05) is 32.0 Å². The van der Waals surface area contributed by atoms with Crippen LogP contribution in [0.2, 0.25) is 0 Å². The number of halogens is 1. The van der Waals surface area contributed by atoms with Crippen LogP contribution in [-0.2, 0) is 10.0 Å². The molecule has 1 aromatic heterocycles. The van der Waals surface area contributed by atoms with Gasteiger partial charge in [0.25, 0.3) is 0 Å². The van der Waals surface area contributed by atoms with Crippen LogP contribution in [0.25, 0.3) is 0 Å². The lowest BCUT2D eigenvalue weighted by atomic mass is 10.1. The first-order valence-corrected chi connectivity index (χ1v) is 9.96. The van der Waals surface area contributed by atoms with Crippen molar-refractivity contribution in [2.75, 3.05) is 13.1 Å². The van der Waals surface area contributed by atoms with Gasteiger partial charge in [-0.05, 0) is 71.6 Å². The standard InChI is InChI=1S/C17H19BrN2O3S/c1-12-5-6-15(10-13(12)2)24(21,22)20-9-7-14(11-20)23-17-16(18)4-3-8-19-17/h3-6,8,10,14H,7,9,11H2,1-2H3/t14-/m0/s1. The maximum atomic E-state index is 12.8. The van der Waals surface area contributed by atoms with Gasteiger partial charge in [0.15, 0.2) is 0 Å². The second kappa shape index (κ2) is 6.82. The van der Waals surface area contributed by atoms with Gasteiger partial charge in [-0.15, -0.1) is 0 Å². The number of sulfonamides is 1. The molecule has 0 spiro atoms. The molecule has 3 rings (SSSR count). The van der Waals surface area contributed by atoms with Crippen LogP contribution in [0.1, 0.15) is 17.5 Å². The third-order valence-corrected chi connectivity index (χ3v) is 6.69. The summed E-state index contributed by atoms with van der Waals surface area (Å²) in [7, 11) is -3.49. The number of nitrogens with zero attached hydrogens (tertiary/aromatic N) is 2. The predicted molar refractivity (Wildman–Crippen MR) is 95.6 cm³/mol. The van der Waals surface area contributed by atoms with E-state index in [0.717, 1.165) is 15.6 Å². The number of aryl methyl sites for hydroxylation is 2. The molecular weight excluding hydrogens is 392 g/mol. The Labute approximate surface area is 150 Å². The first kappa shape index (κ1) is 17.4. The summed E-state index contributed by atoms with van der Waals surface area (Å²) in [6.07, 6.45) is 2.10. The van der Waals surface area contributed by atoms with Gasteiger partial charge >= 0.3 is 0 Å².